The number of carbonyl (C=O) groups excluding carboxylic acids is 1. The van der Waals surface area contributed by atoms with Crippen molar-refractivity contribution in [3.63, 3.8) is 0 Å². The quantitative estimate of drug-likeness (QED) is 0.436. The highest BCUT2D eigenvalue weighted by Gasteiger charge is 2.31. The summed E-state index contributed by atoms with van der Waals surface area (Å²) in [6.07, 6.45) is 4.52. The van der Waals surface area contributed by atoms with Gasteiger partial charge in [-0.3, -0.25) is 23.6 Å². The van der Waals surface area contributed by atoms with Crippen LogP contribution in [0.2, 0.25) is 0 Å². The highest BCUT2D eigenvalue weighted by molar-refractivity contribution is 8.24. The summed E-state index contributed by atoms with van der Waals surface area (Å²) in [6.45, 7) is 2.85. The van der Waals surface area contributed by atoms with Gasteiger partial charge in [-0.2, -0.15) is 0 Å². The van der Waals surface area contributed by atoms with Crippen LogP contribution < -0.4 is 15.2 Å². The Kier molecular flexibility index (Phi) is 5.80. The van der Waals surface area contributed by atoms with E-state index in [4.69, 9.17) is 10.5 Å². The topological polar surface area (TPSA) is 133 Å². The van der Waals surface area contributed by atoms with Crippen molar-refractivity contribution in [1.82, 2.24) is 9.88 Å². The van der Waals surface area contributed by atoms with Crippen molar-refractivity contribution in [2.75, 3.05) is 17.9 Å². The van der Waals surface area contributed by atoms with Crippen molar-refractivity contribution >= 4 is 39.3 Å². The molecule has 178 valence electrons. The highest BCUT2D eigenvalue weighted by atomic mass is 32.3. The molecule has 2 aliphatic rings. The molecule has 3 aromatic rings. The number of benzene rings is 2. The Labute approximate surface area is 199 Å². The van der Waals surface area contributed by atoms with Crippen molar-refractivity contribution in [3.05, 3.63) is 65.4 Å². The number of anilines is 1. The Balaban J connectivity index is 1.41. The van der Waals surface area contributed by atoms with Crippen molar-refractivity contribution < 1.29 is 18.6 Å². The number of pyridine rings is 1. The number of piperidine rings is 1. The van der Waals surface area contributed by atoms with Crippen molar-refractivity contribution in [2.24, 2.45) is 10.1 Å². The van der Waals surface area contributed by atoms with E-state index in [1.807, 2.05) is 36.1 Å². The lowest BCUT2D eigenvalue weighted by molar-refractivity contribution is 0.0529. The number of amides is 1. The minimum absolute atomic E-state index is 0.000179. The number of aryl methyl sites for hydroxylation is 1. The lowest BCUT2D eigenvalue weighted by Crippen LogP contribution is -2.47. The maximum absolute atomic E-state index is 13.8. The molecular formula is C24H27N5O4S. The van der Waals surface area contributed by atoms with Crippen LogP contribution in [0.25, 0.3) is 10.9 Å². The second kappa shape index (κ2) is 8.79. The van der Waals surface area contributed by atoms with Crippen LogP contribution in [0.4, 0.5) is 5.69 Å². The molecule has 0 bridgehead atoms. The van der Waals surface area contributed by atoms with E-state index in [9.17, 15) is 13.9 Å². The smallest absolute Gasteiger partial charge is 0.255 e. The highest BCUT2D eigenvalue weighted by Crippen LogP contribution is 2.46. The number of ether oxygens (including phenoxy) is 1. The van der Waals surface area contributed by atoms with E-state index >= 15 is 0 Å². The largest absolute Gasteiger partial charge is 0.491 e. The predicted octanol–water partition coefficient (Wildman–Crippen LogP) is 4.33. The molecule has 1 saturated heterocycles. The first-order valence-corrected chi connectivity index (χ1v) is 12.7. The Hall–Kier alpha value is -3.34. The van der Waals surface area contributed by atoms with E-state index < -0.39 is 11.0 Å². The van der Waals surface area contributed by atoms with Crippen molar-refractivity contribution in [3.8, 4) is 5.75 Å². The van der Waals surface area contributed by atoms with E-state index in [2.05, 4.69) is 14.1 Å². The van der Waals surface area contributed by atoms with Crippen LogP contribution in [0.1, 0.15) is 40.7 Å². The number of nitrogens with zero attached hydrogens (tertiary/aromatic N) is 3. The first-order valence-electron chi connectivity index (χ1n) is 11.2. The number of likely N-dealkylation sites (tertiary alicyclic amines) is 1. The van der Waals surface area contributed by atoms with E-state index in [1.165, 1.54) is 0 Å². The average Bonchev–Trinajstić information content (AvgIpc) is 2.81. The van der Waals surface area contributed by atoms with Crippen molar-refractivity contribution in [2.45, 2.75) is 32.2 Å². The molecule has 0 saturated carbocycles. The minimum atomic E-state index is -3.37. The van der Waals surface area contributed by atoms with Gasteiger partial charge in [-0.05, 0) is 60.9 Å². The fraction of sp³-hybridized carbons (Fsp3) is 0.292. The number of hydrogen-bond acceptors (Lipinski definition) is 8. The summed E-state index contributed by atoms with van der Waals surface area (Å²) < 4.78 is 32.3. The standard InChI is InChI=1S/C24H27N5O4S/c1-15-13-26-18-9-3-2-8-17(18)21(15)24(30)29-12-5-4-7-16(29)14-33-20-11-6-10-19-22(20)23(25)28-34(31,32)27-19/h2-3,6,8-11,13,16,27,31-32H,4-5,7,12,14H2,1H3,(H2,25,28)/t16-/m1/s1. The molecule has 1 atom stereocenters. The number of aromatic nitrogens is 1. The summed E-state index contributed by atoms with van der Waals surface area (Å²) in [5, 5.41) is 0.851. The van der Waals surface area contributed by atoms with E-state index in [0.717, 1.165) is 35.7 Å². The second-order valence-corrected chi connectivity index (χ2v) is 9.99. The van der Waals surface area contributed by atoms with Crippen LogP contribution in [0.3, 0.4) is 0 Å². The third kappa shape index (κ3) is 4.15. The molecule has 1 fully saturated rings. The number of fused-ring (bicyclic) bond motifs is 2. The summed E-state index contributed by atoms with van der Waals surface area (Å²) in [4.78, 5) is 20.1. The molecule has 1 amide bonds. The average molecular weight is 482 g/mol. The van der Waals surface area contributed by atoms with Gasteiger partial charge in [0.1, 0.15) is 12.4 Å². The zero-order chi connectivity index (χ0) is 23.9. The molecular weight excluding hydrogens is 454 g/mol. The molecule has 2 aliphatic heterocycles. The van der Waals surface area contributed by atoms with Gasteiger partial charge in [0, 0.05) is 18.1 Å². The second-order valence-electron chi connectivity index (χ2n) is 8.57. The number of hydrogen-bond donors (Lipinski definition) is 4. The maximum atomic E-state index is 13.8. The van der Waals surface area contributed by atoms with Crippen LogP contribution in [-0.4, -0.2) is 49.9 Å². The van der Waals surface area contributed by atoms with Crippen LogP contribution in [0, 0.1) is 6.92 Å². The first-order chi connectivity index (χ1) is 16.3. The first kappa shape index (κ1) is 22.5. The van der Waals surface area contributed by atoms with Crippen LogP contribution in [0.5, 0.6) is 5.75 Å². The number of rotatable bonds is 4. The van der Waals surface area contributed by atoms with Gasteiger partial charge >= 0.3 is 0 Å². The molecule has 3 heterocycles. The molecule has 1 aromatic heterocycles. The van der Waals surface area contributed by atoms with Crippen molar-refractivity contribution in [1.29, 1.82) is 0 Å². The van der Waals surface area contributed by atoms with Gasteiger partial charge in [0.2, 0.25) is 0 Å². The fourth-order valence-corrected chi connectivity index (χ4v) is 5.53. The summed E-state index contributed by atoms with van der Waals surface area (Å²) >= 11 is 0. The number of nitrogens with one attached hydrogen (secondary N) is 1. The van der Waals surface area contributed by atoms with E-state index in [0.29, 0.717) is 29.1 Å². The molecule has 10 heteroatoms. The molecule has 0 radical (unpaired) electrons. The third-order valence-corrected chi connectivity index (χ3v) is 7.20. The predicted molar refractivity (Wildman–Crippen MR) is 134 cm³/mol. The summed E-state index contributed by atoms with van der Waals surface area (Å²) in [7, 11) is -3.37. The number of carbonyl (C=O) groups is 1. The Bertz CT molecular complexity index is 1300. The van der Waals surface area contributed by atoms with Gasteiger partial charge in [-0.15, -0.1) is 4.40 Å². The minimum Gasteiger partial charge on any atom is -0.491 e. The Morgan fingerprint density at radius 2 is 2.06 bits per heavy atom. The van der Waals surface area contributed by atoms with Crippen LogP contribution in [-0.2, 0) is 0 Å². The third-order valence-electron chi connectivity index (χ3n) is 6.25. The monoisotopic (exact) mass is 481 g/mol. The fourth-order valence-electron chi connectivity index (χ4n) is 4.65. The molecule has 0 unspecified atom stereocenters. The van der Waals surface area contributed by atoms with Gasteiger partial charge < -0.3 is 15.4 Å². The van der Waals surface area contributed by atoms with Gasteiger partial charge in [0.25, 0.3) is 5.91 Å². The maximum Gasteiger partial charge on any atom is 0.255 e. The zero-order valence-electron chi connectivity index (χ0n) is 18.8. The Morgan fingerprint density at radius 1 is 1.24 bits per heavy atom. The zero-order valence-corrected chi connectivity index (χ0v) is 19.6. The molecule has 0 aliphatic carbocycles. The number of para-hydroxylation sites is 1. The molecule has 9 nitrogen and oxygen atoms in total. The van der Waals surface area contributed by atoms with Gasteiger partial charge in [-0.1, -0.05) is 24.3 Å². The molecule has 0 spiro atoms. The Morgan fingerprint density at radius 3 is 2.91 bits per heavy atom. The summed E-state index contributed by atoms with van der Waals surface area (Å²) in [6, 6.07) is 12.8. The molecule has 5 N–H and O–H groups in total. The normalized spacial score (nSPS) is 20.1. The lowest BCUT2D eigenvalue weighted by atomic mass is 9.98. The van der Waals surface area contributed by atoms with Gasteiger partial charge in [0.05, 0.1) is 28.4 Å². The number of nitrogens with two attached hydrogens (primary N) is 1. The molecule has 34 heavy (non-hydrogen) atoms. The lowest BCUT2D eigenvalue weighted by Gasteiger charge is -2.37. The number of amidine groups is 1. The van der Waals surface area contributed by atoms with Crippen LogP contribution >= 0.6 is 11.0 Å². The van der Waals surface area contributed by atoms with Crippen LogP contribution in [0.15, 0.2) is 53.1 Å². The molecule has 5 rings (SSSR count). The summed E-state index contributed by atoms with van der Waals surface area (Å²) in [5.74, 6) is 0.459. The van der Waals surface area contributed by atoms with E-state index in [-0.39, 0.29) is 24.4 Å². The van der Waals surface area contributed by atoms with Gasteiger partial charge in [-0.25, -0.2) is 0 Å². The van der Waals surface area contributed by atoms with Gasteiger partial charge in [0.15, 0.2) is 5.84 Å². The SMILES string of the molecule is Cc1cnc2ccccc2c1C(=O)N1CCCC[C@@H]1COc1cccc2c1C(N)=NS(O)(O)N2. The van der Waals surface area contributed by atoms with E-state index in [1.54, 1.807) is 24.4 Å². The molecule has 2 aromatic carbocycles. The summed E-state index contributed by atoms with van der Waals surface area (Å²) in [5.41, 5.74) is 9.27.